The minimum absolute atomic E-state index is 0.703. The van der Waals surface area contributed by atoms with Crippen LogP contribution in [0.2, 0.25) is 0 Å². The first-order valence-electron chi connectivity index (χ1n) is 9.62. The molecule has 3 aromatic rings. The van der Waals surface area contributed by atoms with Crippen molar-refractivity contribution in [2.75, 3.05) is 0 Å². The van der Waals surface area contributed by atoms with E-state index >= 15 is 0 Å². The highest BCUT2D eigenvalue weighted by Gasteiger charge is 2.15. The van der Waals surface area contributed by atoms with Crippen LogP contribution in [0.25, 0.3) is 5.57 Å². The predicted molar refractivity (Wildman–Crippen MR) is 119 cm³/mol. The molecule has 2 heteroatoms. The lowest BCUT2D eigenvalue weighted by Gasteiger charge is -2.12. The molecule has 0 amide bonds. The van der Waals surface area contributed by atoms with Crippen molar-refractivity contribution in [3.63, 3.8) is 0 Å². The Hall–Kier alpha value is -2.89. The molecule has 0 aliphatic rings. The van der Waals surface area contributed by atoms with Gasteiger partial charge in [0.25, 0.3) is 0 Å². The van der Waals surface area contributed by atoms with Crippen LogP contribution in [0.1, 0.15) is 37.3 Å². The normalized spacial score (nSPS) is 12.5. The maximum Gasteiger partial charge on any atom is 0.0977 e. The Morgan fingerprint density at radius 3 is 2.00 bits per heavy atom. The monoisotopic (exact) mass is 384 g/mol. The van der Waals surface area contributed by atoms with Gasteiger partial charge < -0.3 is 0 Å². The predicted octanol–water partition coefficient (Wildman–Crippen LogP) is 6.45. The number of rotatable bonds is 6. The fourth-order valence-corrected chi connectivity index (χ4v) is 4.16. The summed E-state index contributed by atoms with van der Waals surface area (Å²) in [6.07, 6.45) is 2.97. The Kier molecular flexibility index (Phi) is 7.41. The standard InChI is InChI=1S/C26H24OS/c1-2-3-19-25(23-15-9-5-10-16-23)26(21-20-22-13-7-4-8-14-22)28(27)24-17-11-6-12-18-24/h4-18H,2-3,19H2,1H3/b26-25+. The highest BCUT2D eigenvalue weighted by molar-refractivity contribution is 7.89. The first kappa shape index (κ1) is 19.9. The molecule has 1 atom stereocenters. The molecule has 0 N–H and O–H groups in total. The molecule has 1 nitrogen and oxygen atoms in total. The van der Waals surface area contributed by atoms with Gasteiger partial charge in [0.05, 0.1) is 15.7 Å². The summed E-state index contributed by atoms with van der Waals surface area (Å²) in [6.45, 7) is 2.17. The molecule has 140 valence electrons. The van der Waals surface area contributed by atoms with E-state index in [4.69, 9.17) is 0 Å². The molecule has 0 saturated heterocycles. The molecule has 0 bridgehead atoms. The third-order valence-electron chi connectivity index (χ3n) is 4.41. The van der Waals surface area contributed by atoms with Crippen LogP contribution in [0, 0.1) is 11.8 Å². The highest BCUT2D eigenvalue weighted by Crippen LogP contribution is 2.29. The summed E-state index contributed by atoms with van der Waals surface area (Å²) >= 11 is 0. The average Bonchev–Trinajstić information content (AvgIpc) is 2.77. The van der Waals surface area contributed by atoms with E-state index in [1.165, 1.54) is 0 Å². The summed E-state index contributed by atoms with van der Waals surface area (Å²) in [5.74, 6) is 6.49. The molecule has 0 aliphatic heterocycles. The Morgan fingerprint density at radius 2 is 1.39 bits per heavy atom. The van der Waals surface area contributed by atoms with E-state index in [-0.39, 0.29) is 0 Å². The zero-order valence-electron chi connectivity index (χ0n) is 16.1. The molecule has 1 unspecified atom stereocenters. The first-order valence-corrected chi connectivity index (χ1v) is 10.8. The maximum absolute atomic E-state index is 13.5. The van der Waals surface area contributed by atoms with Gasteiger partial charge in [-0.15, -0.1) is 0 Å². The van der Waals surface area contributed by atoms with Crippen molar-refractivity contribution in [2.45, 2.75) is 31.1 Å². The van der Waals surface area contributed by atoms with Gasteiger partial charge in [-0.2, -0.15) is 0 Å². The van der Waals surface area contributed by atoms with Crippen LogP contribution in [0.3, 0.4) is 0 Å². The number of hydrogen-bond donors (Lipinski definition) is 0. The van der Waals surface area contributed by atoms with Gasteiger partial charge in [0.2, 0.25) is 0 Å². The number of unbranched alkanes of at least 4 members (excludes halogenated alkanes) is 1. The van der Waals surface area contributed by atoms with Crippen LogP contribution in [0.15, 0.2) is 101 Å². The Labute approximate surface area is 170 Å². The smallest absolute Gasteiger partial charge is 0.0977 e. The molecule has 0 heterocycles. The van der Waals surface area contributed by atoms with Crippen molar-refractivity contribution in [1.29, 1.82) is 0 Å². The fraction of sp³-hybridized carbons (Fsp3) is 0.154. The molecule has 3 rings (SSSR count). The van der Waals surface area contributed by atoms with Gasteiger partial charge >= 0.3 is 0 Å². The van der Waals surface area contributed by atoms with Gasteiger partial charge in [0.1, 0.15) is 0 Å². The first-order chi connectivity index (χ1) is 13.8. The maximum atomic E-state index is 13.5. The van der Waals surface area contributed by atoms with Gasteiger partial charge in [-0.25, -0.2) is 4.21 Å². The zero-order valence-corrected chi connectivity index (χ0v) is 16.9. The summed E-state index contributed by atoms with van der Waals surface area (Å²) < 4.78 is 13.5. The van der Waals surface area contributed by atoms with Gasteiger partial charge in [-0.05, 0) is 48.2 Å². The molecule has 0 radical (unpaired) electrons. The molecule has 0 fully saturated rings. The van der Waals surface area contributed by atoms with Crippen LogP contribution >= 0.6 is 0 Å². The van der Waals surface area contributed by atoms with E-state index in [1.807, 2.05) is 78.9 Å². The number of allylic oxidation sites excluding steroid dienone is 2. The van der Waals surface area contributed by atoms with Crippen molar-refractivity contribution in [3.05, 3.63) is 107 Å². The van der Waals surface area contributed by atoms with Gasteiger partial charge in [0.15, 0.2) is 0 Å². The third kappa shape index (κ3) is 5.31. The summed E-state index contributed by atoms with van der Waals surface area (Å²) in [5.41, 5.74) is 3.10. The van der Waals surface area contributed by atoms with Crippen molar-refractivity contribution in [2.24, 2.45) is 0 Å². The molecular weight excluding hydrogens is 360 g/mol. The quantitative estimate of drug-likeness (QED) is 0.447. The Morgan fingerprint density at radius 1 is 0.821 bits per heavy atom. The molecule has 28 heavy (non-hydrogen) atoms. The largest absolute Gasteiger partial charge is 0.248 e. The second-order valence-corrected chi connectivity index (χ2v) is 7.89. The number of hydrogen-bond acceptors (Lipinski definition) is 1. The highest BCUT2D eigenvalue weighted by atomic mass is 32.2. The van der Waals surface area contributed by atoms with Gasteiger partial charge in [-0.3, -0.25) is 0 Å². The van der Waals surface area contributed by atoms with Gasteiger partial charge in [0, 0.05) is 10.5 Å². The second-order valence-electron chi connectivity index (χ2n) is 6.48. The SMILES string of the molecule is CCCC/C(=C(/C#Cc1ccccc1)S(=O)c1ccccc1)c1ccccc1. The van der Waals surface area contributed by atoms with Crippen molar-refractivity contribution < 1.29 is 4.21 Å². The third-order valence-corrected chi connectivity index (χ3v) is 5.83. The number of benzene rings is 3. The van der Waals surface area contributed by atoms with Crippen LogP contribution < -0.4 is 0 Å². The fourth-order valence-electron chi connectivity index (χ4n) is 2.93. The summed E-state index contributed by atoms with van der Waals surface area (Å²) in [5, 5.41) is 0. The molecule has 0 saturated carbocycles. The van der Waals surface area contributed by atoms with Crippen LogP contribution in [0.4, 0.5) is 0 Å². The van der Waals surface area contributed by atoms with Crippen LogP contribution in [-0.4, -0.2) is 4.21 Å². The Bertz CT molecular complexity index is 994. The van der Waals surface area contributed by atoms with E-state index < -0.39 is 10.8 Å². The molecule has 0 aromatic heterocycles. The second kappa shape index (κ2) is 10.4. The average molecular weight is 385 g/mol. The molecular formula is C26H24OS. The molecule has 3 aromatic carbocycles. The van der Waals surface area contributed by atoms with Crippen molar-refractivity contribution in [3.8, 4) is 11.8 Å². The minimum Gasteiger partial charge on any atom is -0.248 e. The zero-order chi connectivity index (χ0) is 19.6. The summed E-state index contributed by atoms with van der Waals surface area (Å²) in [6, 6.07) is 29.7. The van der Waals surface area contributed by atoms with E-state index in [9.17, 15) is 4.21 Å². The Balaban J connectivity index is 2.15. The topological polar surface area (TPSA) is 17.1 Å². The summed E-state index contributed by atoms with van der Waals surface area (Å²) in [4.78, 5) is 1.49. The lowest BCUT2D eigenvalue weighted by molar-refractivity contribution is 0.687. The lowest BCUT2D eigenvalue weighted by atomic mass is 10.00. The van der Waals surface area contributed by atoms with Crippen LogP contribution in [-0.2, 0) is 10.8 Å². The van der Waals surface area contributed by atoms with E-state index in [0.29, 0.717) is 4.91 Å². The molecule has 0 aliphatic carbocycles. The van der Waals surface area contributed by atoms with Crippen LogP contribution in [0.5, 0.6) is 0 Å². The van der Waals surface area contributed by atoms with E-state index in [0.717, 1.165) is 40.9 Å². The lowest BCUT2D eigenvalue weighted by Crippen LogP contribution is -2.00. The van der Waals surface area contributed by atoms with E-state index in [2.05, 4.69) is 30.9 Å². The summed E-state index contributed by atoms with van der Waals surface area (Å²) in [7, 11) is -1.32. The van der Waals surface area contributed by atoms with E-state index in [1.54, 1.807) is 0 Å². The minimum atomic E-state index is -1.32. The van der Waals surface area contributed by atoms with Crippen molar-refractivity contribution >= 4 is 16.4 Å². The molecule has 0 spiro atoms. The van der Waals surface area contributed by atoms with Gasteiger partial charge in [-0.1, -0.05) is 91.9 Å². The van der Waals surface area contributed by atoms with Crippen molar-refractivity contribution in [1.82, 2.24) is 0 Å².